The van der Waals surface area contributed by atoms with E-state index in [4.69, 9.17) is 5.11 Å². The second-order valence-corrected chi connectivity index (χ2v) is 5.02. The van der Waals surface area contributed by atoms with Crippen molar-refractivity contribution in [3.05, 3.63) is 46.5 Å². The zero-order chi connectivity index (χ0) is 13.4. The van der Waals surface area contributed by atoms with Crippen molar-refractivity contribution in [3.63, 3.8) is 0 Å². The number of carboxylic acids is 1. The fourth-order valence-electron chi connectivity index (χ4n) is 2.16. The van der Waals surface area contributed by atoms with E-state index < -0.39 is 5.97 Å². The predicted octanol–water partition coefficient (Wildman–Crippen LogP) is 2.04. The maximum absolute atomic E-state index is 12.3. The van der Waals surface area contributed by atoms with E-state index in [1.165, 1.54) is 6.07 Å². The molecule has 1 aliphatic rings. The molecule has 96 valence electrons. The predicted molar refractivity (Wildman–Crippen MR) is 70.9 cm³/mol. The van der Waals surface area contributed by atoms with Crippen LogP contribution in [0.5, 0.6) is 0 Å². The summed E-state index contributed by atoms with van der Waals surface area (Å²) in [5.41, 5.74) is 2.21. The van der Waals surface area contributed by atoms with Crippen LogP contribution in [0, 0.1) is 0 Å². The Kier molecular flexibility index (Phi) is 2.79. The number of rotatable bonds is 2. The summed E-state index contributed by atoms with van der Waals surface area (Å²) in [6.07, 6.45) is 0.817. The number of fused-ring (bicyclic) bond motifs is 1. The Morgan fingerprint density at radius 1 is 1.32 bits per heavy atom. The maximum atomic E-state index is 12.3. The van der Waals surface area contributed by atoms with E-state index in [2.05, 4.69) is 4.37 Å². The fraction of sp³-hybridized carbons (Fsp3) is 0.154. The number of nitrogens with zero attached hydrogens (tertiary/aromatic N) is 2. The van der Waals surface area contributed by atoms with E-state index in [9.17, 15) is 9.59 Å². The molecule has 2 aromatic rings. The molecule has 1 aromatic carbocycles. The lowest BCUT2D eigenvalue weighted by molar-refractivity contribution is 0.0702. The highest BCUT2D eigenvalue weighted by Crippen LogP contribution is 2.29. The van der Waals surface area contributed by atoms with Gasteiger partial charge in [-0.3, -0.25) is 4.79 Å². The van der Waals surface area contributed by atoms with E-state index in [1.54, 1.807) is 4.90 Å². The van der Waals surface area contributed by atoms with Crippen molar-refractivity contribution in [2.24, 2.45) is 0 Å². The number of aromatic nitrogens is 1. The summed E-state index contributed by atoms with van der Waals surface area (Å²) < 4.78 is 3.92. The van der Waals surface area contributed by atoms with Gasteiger partial charge in [-0.2, -0.15) is 4.37 Å². The molecule has 0 unspecified atom stereocenters. The minimum Gasteiger partial charge on any atom is -0.477 e. The third-order valence-electron chi connectivity index (χ3n) is 3.07. The highest BCUT2D eigenvalue weighted by atomic mass is 32.1. The van der Waals surface area contributed by atoms with Gasteiger partial charge in [-0.15, -0.1) is 0 Å². The van der Waals surface area contributed by atoms with Gasteiger partial charge in [-0.05, 0) is 35.6 Å². The average Bonchev–Trinajstić information content (AvgIpc) is 3.05. The Hall–Kier alpha value is -2.21. The molecule has 1 amide bonds. The Balaban J connectivity index is 1.91. The molecule has 0 fully saturated rings. The minimum atomic E-state index is -1.06. The van der Waals surface area contributed by atoms with Gasteiger partial charge >= 0.3 is 5.97 Å². The standard InChI is InChI=1S/C13H10N2O3S/c16-12(9-7-11(13(17)18)19-14-9)15-6-5-8-3-1-2-4-10(8)15/h1-4,7H,5-6H2,(H,17,18). The summed E-state index contributed by atoms with van der Waals surface area (Å²) in [6.45, 7) is 0.609. The topological polar surface area (TPSA) is 70.5 Å². The molecule has 2 heterocycles. The third-order valence-corrected chi connectivity index (χ3v) is 3.85. The van der Waals surface area contributed by atoms with Crippen LogP contribution in [0.4, 0.5) is 5.69 Å². The maximum Gasteiger partial charge on any atom is 0.347 e. The summed E-state index contributed by atoms with van der Waals surface area (Å²) in [7, 11) is 0. The Bertz CT molecular complexity index is 665. The molecule has 1 aromatic heterocycles. The number of aromatic carboxylic acids is 1. The molecule has 0 aliphatic carbocycles. The van der Waals surface area contributed by atoms with E-state index in [0.29, 0.717) is 6.54 Å². The van der Waals surface area contributed by atoms with Crippen LogP contribution in [0.1, 0.15) is 25.7 Å². The highest BCUT2D eigenvalue weighted by Gasteiger charge is 2.27. The van der Waals surface area contributed by atoms with Crippen LogP contribution < -0.4 is 4.90 Å². The van der Waals surface area contributed by atoms with Gasteiger partial charge in [0, 0.05) is 12.2 Å². The Labute approximate surface area is 113 Å². The second-order valence-electron chi connectivity index (χ2n) is 4.22. The lowest BCUT2D eigenvalue weighted by Crippen LogP contribution is -2.29. The molecule has 0 atom stereocenters. The van der Waals surface area contributed by atoms with Crippen molar-refractivity contribution >= 4 is 29.1 Å². The van der Waals surface area contributed by atoms with Crippen LogP contribution in [0.2, 0.25) is 0 Å². The molecule has 3 rings (SSSR count). The molecule has 0 saturated carbocycles. The molecule has 6 heteroatoms. The first-order chi connectivity index (χ1) is 9.16. The van der Waals surface area contributed by atoms with Gasteiger partial charge in [0.2, 0.25) is 0 Å². The number of carbonyl (C=O) groups is 2. The molecule has 0 spiro atoms. The van der Waals surface area contributed by atoms with Gasteiger partial charge in [0.25, 0.3) is 5.91 Å². The summed E-state index contributed by atoms with van der Waals surface area (Å²) in [4.78, 5) is 24.9. The van der Waals surface area contributed by atoms with Gasteiger partial charge in [-0.25, -0.2) is 4.79 Å². The molecular weight excluding hydrogens is 264 g/mol. The van der Waals surface area contributed by atoms with Crippen LogP contribution in [0.25, 0.3) is 0 Å². The number of hydrogen-bond donors (Lipinski definition) is 1. The van der Waals surface area contributed by atoms with E-state index >= 15 is 0 Å². The fourth-order valence-corrected chi connectivity index (χ4v) is 2.73. The highest BCUT2D eigenvalue weighted by molar-refractivity contribution is 7.08. The van der Waals surface area contributed by atoms with Crippen molar-refractivity contribution in [2.75, 3.05) is 11.4 Å². The first-order valence-electron chi connectivity index (χ1n) is 5.76. The Morgan fingerprint density at radius 3 is 2.84 bits per heavy atom. The van der Waals surface area contributed by atoms with Crippen molar-refractivity contribution in [2.45, 2.75) is 6.42 Å². The average molecular weight is 274 g/mol. The monoisotopic (exact) mass is 274 g/mol. The van der Waals surface area contributed by atoms with Crippen LogP contribution >= 0.6 is 11.5 Å². The molecule has 1 N–H and O–H groups in total. The van der Waals surface area contributed by atoms with Crippen LogP contribution in [-0.2, 0) is 6.42 Å². The summed E-state index contributed by atoms with van der Waals surface area (Å²) in [5, 5.41) is 8.85. The van der Waals surface area contributed by atoms with Gasteiger partial charge < -0.3 is 10.0 Å². The van der Waals surface area contributed by atoms with Gasteiger partial charge in [-0.1, -0.05) is 18.2 Å². The van der Waals surface area contributed by atoms with Crippen molar-refractivity contribution < 1.29 is 14.7 Å². The van der Waals surface area contributed by atoms with Gasteiger partial charge in [0.1, 0.15) is 10.6 Å². The first-order valence-corrected chi connectivity index (χ1v) is 6.54. The quantitative estimate of drug-likeness (QED) is 0.909. The molecule has 1 aliphatic heterocycles. The summed E-state index contributed by atoms with van der Waals surface area (Å²) >= 11 is 0.829. The zero-order valence-electron chi connectivity index (χ0n) is 9.87. The van der Waals surface area contributed by atoms with Crippen LogP contribution in [-0.4, -0.2) is 27.9 Å². The zero-order valence-corrected chi connectivity index (χ0v) is 10.7. The number of carboxylic acid groups (broad SMARTS) is 1. The summed E-state index contributed by atoms with van der Waals surface area (Å²) in [6, 6.07) is 9.04. The number of carbonyl (C=O) groups excluding carboxylic acids is 1. The lowest BCUT2D eigenvalue weighted by Gasteiger charge is -2.15. The smallest absolute Gasteiger partial charge is 0.347 e. The molecular formula is C13H10N2O3S. The largest absolute Gasteiger partial charge is 0.477 e. The third kappa shape index (κ3) is 2.00. The minimum absolute atomic E-state index is 0.0795. The molecule has 0 radical (unpaired) electrons. The van der Waals surface area contributed by atoms with E-state index in [-0.39, 0.29) is 16.5 Å². The molecule has 5 nitrogen and oxygen atoms in total. The van der Waals surface area contributed by atoms with Crippen molar-refractivity contribution in [3.8, 4) is 0 Å². The number of para-hydroxylation sites is 1. The lowest BCUT2D eigenvalue weighted by atomic mass is 10.2. The molecule has 19 heavy (non-hydrogen) atoms. The number of amides is 1. The Morgan fingerprint density at radius 2 is 2.11 bits per heavy atom. The number of benzene rings is 1. The van der Waals surface area contributed by atoms with Crippen LogP contribution in [0.15, 0.2) is 30.3 Å². The van der Waals surface area contributed by atoms with Gasteiger partial charge in [0.05, 0.1) is 0 Å². The second kappa shape index (κ2) is 4.47. The van der Waals surface area contributed by atoms with E-state index in [1.807, 2.05) is 24.3 Å². The van der Waals surface area contributed by atoms with Crippen molar-refractivity contribution in [1.82, 2.24) is 4.37 Å². The first kappa shape index (κ1) is 11.9. The number of hydrogen-bond acceptors (Lipinski definition) is 4. The number of anilines is 1. The van der Waals surface area contributed by atoms with E-state index in [0.717, 1.165) is 29.2 Å². The summed E-state index contributed by atoms with van der Waals surface area (Å²) in [5.74, 6) is -1.30. The van der Waals surface area contributed by atoms with Crippen molar-refractivity contribution in [1.29, 1.82) is 0 Å². The normalized spacial score (nSPS) is 13.4. The SMILES string of the molecule is O=C(O)c1cc(C(=O)N2CCc3ccccc32)ns1. The molecule has 0 bridgehead atoms. The van der Waals surface area contributed by atoms with Crippen LogP contribution in [0.3, 0.4) is 0 Å². The molecule has 0 saturated heterocycles. The van der Waals surface area contributed by atoms with Gasteiger partial charge in [0.15, 0.2) is 0 Å².